The summed E-state index contributed by atoms with van der Waals surface area (Å²) in [6.07, 6.45) is 4.51. The smallest absolute Gasteiger partial charge is 0.118 e. The van der Waals surface area contributed by atoms with Crippen LogP contribution in [0.1, 0.15) is 31.1 Å². The lowest BCUT2D eigenvalue weighted by Crippen LogP contribution is -2.32. The number of rotatable bonds is 4. The molecule has 1 aliphatic heterocycles. The van der Waals surface area contributed by atoms with Gasteiger partial charge in [-0.3, -0.25) is 4.90 Å². The largest absolute Gasteiger partial charge is 0.468 e. The van der Waals surface area contributed by atoms with Gasteiger partial charge in [-0.15, -0.1) is 0 Å². The van der Waals surface area contributed by atoms with Crippen LogP contribution in [0.2, 0.25) is 0 Å². The zero-order valence-electron chi connectivity index (χ0n) is 10.3. The van der Waals surface area contributed by atoms with E-state index in [4.69, 9.17) is 4.42 Å². The molecule has 1 aromatic heterocycles. The summed E-state index contributed by atoms with van der Waals surface area (Å²) >= 11 is 0. The third-order valence-electron chi connectivity index (χ3n) is 3.34. The summed E-state index contributed by atoms with van der Waals surface area (Å²) in [6.45, 7) is 6.62. The number of piperidine rings is 1. The van der Waals surface area contributed by atoms with Gasteiger partial charge in [-0.25, -0.2) is 0 Å². The molecule has 0 aromatic carbocycles. The molecule has 2 heterocycles. The van der Waals surface area contributed by atoms with Crippen molar-refractivity contribution in [2.24, 2.45) is 5.92 Å². The number of likely N-dealkylation sites (tertiary alicyclic amines) is 1. The van der Waals surface area contributed by atoms with Crippen molar-refractivity contribution in [3.8, 4) is 0 Å². The Balaban J connectivity index is 1.83. The van der Waals surface area contributed by atoms with Crippen LogP contribution in [-0.4, -0.2) is 25.0 Å². The average Bonchev–Trinajstić information content (AvgIpc) is 2.70. The minimum atomic E-state index is 0.889. The molecule has 90 valence electrons. The fourth-order valence-electron chi connectivity index (χ4n) is 2.25. The van der Waals surface area contributed by atoms with E-state index >= 15 is 0 Å². The topological polar surface area (TPSA) is 28.4 Å². The van der Waals surface area contributed by atoms with Crippen LogP contribution in [0.5, 0.6) is 0 Å². The van der Waals surface area contributed by atoms with Crippen molar-refractivity contribution in [3.63, 3.8) is 0 Å². The molecule has 3 heteroatoms. The molecule has 1 saturated heterocycles. The number of hydrogen-bond acceptors (Lipinski definition) is 3. The van der Waals surface area contributed by atoms with Crippen LogP contribution in [0.25, 0.3) is 0 Å². The Morgan fingerprint density at radius 3 is 2.88 bits per heavy atom. The predicted molar refractivity (Wildman–Crippen MR) is 65.1 cm³/mol. The predicted octanol–water partition coefficient (Wildman–Crippen LogP) is 2.23. The first-order valence-corrected chi connectivity index (χ1v) is 6.21. The third-order valence-corrected chi connectivity index (χ3v) is 3.34. The van der Waals surface area contributed by atoms with Gasteiger partial charge < -0.3 is 9.73 Å². The van der Waals surface area contributed by atoms with Crippen LogP contribution in [0.3, 0.4) is 0 Å². The highest BCUT2D eigenvalue weighted by Gasteiger charge is 2.16. The molecule has 1 N–H and O–H groups in total. The van der Waals surface area contributed by atoms with Crippen molar-refractivity contribution in [3.05, 3.63) is 23.7 Å². The minimum absolute atomic E-state index is 0.889. The number of furan rings is 1. The van der Waals surface area contributed by atoms with E-state index in [2.05, 4.69) is 23.2 Å². The van der Waals surface area contributed by atoms with Gasteiger partial charge in [-0.05, 0) is 45.0 Å². The second-order valence-corrected chi connectivity index (χ2v) is 4.91. The highest BCUT2D eigenvalue weighted by molar-refractivity contribution is 5.12. The highest BCUT2D eigenvalue weighted by atomic mass is 16.3. The SMILES string of the molecule is CNCc1coc(CN2CCC(C)CC2)c1. The molecule has 0 aliphatic carbocycles. The summed E-state index contributed by atoms with van der Waals surface area (Å²) in [7, 11) is 1.96. The number of nitrogens with one attached hydrogen (secondary N) is 1. The van der Waals surface area contributed by atoms with E-state index in [0.29, 0.717) is 0 Å². The lowest BCUT2D eigenvalue weighted by molar-refractivity contribution is 0.173. The van der Waals surface area contributed by atoms with E-state index in [9.17, 15) is 0 Å². The fraction of sp³-hybridized carbons (Fsp3) is 0.692. The molecule has 0 amide bonds. The molecule has 0 atom stereocenters. The molecule has 1 aromatic rings. The first kappa shape index (κ1) is 11.7. The molecule has 1 aliphatic rings. The first-order chi connectivity index (χ1) is 7.78. The van der Waals surface area contributed by atoms with Crippen LogP contribution >= 0.6 is 0 Å². The Morgan fingerprint density at radius 2 is 2.19 bits per heavy atom. The Hall–Kier alpha value is -0.800. The Morgan fingerprint density at radius 1 is 1.44 bits per heavy atom. The van der Waals surface area contributed by atoms with Gasteiger partial charge in [0.2, 0.25) is 0 Å². The molecular weight excluding hydrogens is 200 g/mol. The molecular formula is C13H22N2O. The van der Waals surface area contributed by atoms with Gasteiger partial charge in [-0.1, -0.05) is 6.92 Å². The van der Waals surface area contributed by atoms with Gasteiger partial charge in [0.1, 0.15) is 5.76 Å². The molecule has 0 bridgehead atoms. The Bertz CT molecular complexity index is 313. The van der Waals surface area contributed by atoms with Crippen molar-refractivity contribution in [2.75, 3.05) is 20.1 Å². The van der Waals surface area contributed by atoms with Crippen LogP contribution < -0.4 is 5.32 Å². The van der Waals surface area contributed by atoms with Crippen molar-refractivity contribution in [2.45, 2.75) is 32.9 Å². The van der Waals surface area contributed by atoms with Crippen molar-refractivity contribution in [1.29, 1.82) is 0 Å². The summed E-state index contributed by atoms with van der Waals surface area (Å²) in [5.41, 5.74) is 1.24. The van der Waals surface area contributed by atoms with Gasteiger partial charge in [-0.2, -0.15) is 0 Å². The van der Waals surface area contributed by atoms with Crippen molar-refractivity contribution < 1.29 is 4.42 Å². The standard InChI is InChI=1S/C13H22N2O/c1-11-3-5-15(6-4-11)9-13-7-12(8-14-2)10-16-13/h7,10-11,14H,3-6,8-9H2,1-2H3. The van der Waals surface area contributed by atoms with Gasteiger partial charge in [0.25, 0.3) is 0 Å². The van der Waals surface area contributed by atoms with E-state index in [1.165, 1.54) is 31.5 Å². The maximum Gasteiger partial charge on any atom is 0.118 e. The zero-order chi connectivity index (χ0) is 11.4. The van der Waals surface area contributed by atoms with E-state index in [-0.39, 0.29) is 0 Å². The monoisotopic (exact) mass is 222 g/mol. The summed E-state index contributed by atoms with van der Waals surface area (Å²) in [6, 6.07) is 2.16. The van der Waals surface area contributed by atoms with E-state index in [1.54, 1.807) is 0 Å². The summed E-state index contributed by atoms with van der Waals surface area (Å²) < 4.78 is 5.57. The van der Waals surface area contributed by atoms with Crippen molar-refractivity contribution >= 4 is 0 Å². The lowest BCUT2D eigenvalue weighted by atomic mass is 9.99. The van der Waals surface area contributed by atoms with Gasteiger partial charge in [0.15, 0.2) is 0 Å². The lowest BCUT2D eigenvalue weighted by Gasteiger charge is -2.29. The molecule has 2 rings (SSSR count). The first-order valence-electron chi connectivity index (χ1n) is 6.21. The Labute approximate surface area is 97.8 Å². The second kappa shape index (κ2) is 5.51. The molecule has 16 heavy (non-hydrogen) atoms. The van der Waals surface area contributed by atoms with Crippen LogP contribution in [0.15, 0.2) is 16.7 Å². The van der Waals surface area contributed by atoms with E-state index in [0.717, 1.165) is 24.8 Å². The van der Waals surface area contributed by atoms with Gasteiger partial charge >= 0.3 is 0 Å². The van der Waals surface area contributed by atoms with Crippen LogP contribution in [0.4, 0.5) is 0 Å². The maximum absolute atomic E-state index is 5.57. The van der Waals surface area contributed by atoms with Crippen LogP contribution in [-0.2, 0) is 13.1 Å². The van der Waals surface area contributed by atoms with E-state index < -0.39 is 0 Å². The normalized spacial score (nSPS) is 19.1. The highest BCUT2D eigenvalue weighted by Crippen LogP contribution is 2.18. The number of hydrogen-bond donors (Lipinski definition) is 1. The van der Waals surface area contributed by atoms with Gasteiger partial charge in [0.05, 0.1) is 12.8 Å². The average molecular weight is 222 g/mol. The molecule has 0 unspecified atom stereocenters. The zero-order valence-corrected chi connectivity index (χ0v) is 10.3. The number of nitrogens with zero attached hydrogens (tertiary/aromatic N) is 1. The summed E-state index contributed by atoms with van der Waals surface area (Å²) in [5.74, 6) is 1.99. The van der Waals surface area contributed by atoms with Crippen LogP contribution in [0, 0.1) is 5.92 Å². The molecule has 0 saturated carbocycles. The second-order valence-electron chi connectivity index (χ2n) is 4.91. The molecule has 0 spiro atoms. The summed E-state index contributed by atoms with van der Waals surface area (Å²) in [4.78, 5) is 2.49. The summed E-state index contributed by atoms with van der Waals surface area (Å²) in [5, 5.41) is 3.13. The molecule has 0 radical (unpaired) electrons. The maximum atomic E-state index is 5.57. The van der Waals surface area contributed by atoms with Gasteiger partial charge in [0, 0.05) is 12.1 Å². The third kappa shape index (κ3) is 3.09. The Kier molecular flexibility index (Phi) is 4.02. The quantitative estimate of drug-likeness (QED) is 0.847. The minimum Gasteiger partial charge on any atom is -0.468 e. The van der Waals surface area contributed by atoms with Crippen molar-refractivity contribution in [1.82, 2.24) is 10.2 Å². The van der Waals surface area contributed by atoms with E-state index in [1.807, 2.05) is 13.3 Å². The molecule has 3 nitrogen and oxygen atoms in total. The fourth-order valence-corrected chi connectivity index (χ4v) is 2.25. The molecule has 1 fully saturated rings.